The molecule has 3 aliphatic rings. The van der Waals surface area contributed by atoms with Crippen LogP contribution in [0.3, 0.4) is 0 Å². The average molecular weight is 679 g/mol. The van der Waals surface area contributed by atoms with Crippen LogP contribution in [0.25, 0.3) is 16.9 Å². The molecule has 1 saturated carbocycles. The summed E-state index contributed by atoms with van der Waals surface area (Å²) in [6.07, 6.45) is 5.08. The number of carbonyl (C=O) groups is 1. The molecular formula is C29H36FIN6O4. The van der Waals surface area contributed by atoms with Crippen LogP contribution >= 0.6 is 22.6 Å². The smallest absolute Gasteiger partial charge is 0.230 e. The van der Waals surface area contributed by atoms with Crippen LogP contribution in [0.15, 0.2) is 30.3 Å². The van der Waals surface area contributed by atoms with E-state index in [9.17, 15) is 9.18 Å². The Balaban J connectivity index is 1.24. The van der Waals surface area contributed by atoms with E-state index in [1.807, 2.05) is 29.2 Å². The number of halogens is 2. The maximum atomic E-state index is 14.8. The van der Waals surface area contributed by atoms with Crippen LogP contribution in [-0.4, -0.2) is 89.0 Å². The summed E-state index contributed by atoms with van der Waals surface area (Å²) in [5.41, 5.74) is 1.47. The molecule has 0 bridgehead atoms. The summed E-state index contributed by atoms with van der Waals surface area (Å²) in [5.74, 6) is 2.02. The number of imidazole rings is 1. The number of anilines is 1. The molecule has 220 valence electrons. The Morgan fingerprint density at radius 3 is 2.63 bits per heavy atom. The van der Waals surface area contributed by atoms with Gasteiger partial charge in [0.25, 0.3) is 0 Å². The van der Waals surface area contributed by atoms with Crippen LogP contribution in [0, 0.1) is 5.92 Å². The second kappa shape index (κ2) is 12.7. The summed E-state index contributed by atoms with van der Waals surface area (Å²) in [4.78, 5) is 31.6. The third kappa shape index (κ3) is 6.14. The molecule has 10 nitrogen and oxygen atoms in total. The Labute approximate surface area is 252 Å². The van der Waals surface area contributed by atoms with Gasteiger partial charge in [0.15, 0.2) is 5.82 Å². The number of hydrogen-bond donors (Lipinski definition) is 0. The standard InChI is InChI=1S/C29H36FIN6O4/c1-39-18-20-5-4-12-36(20)28(38)19-8-10-21(11-9-19)41-25-17-24(33-29(34-25)35-13-15-40-16-14-35)37-23-7-3-2-6-22(23)32-27(37)26(30)31/h2-3,6-7,17,19-21,26H,4-5,8-16,18H2,1H3/t19-,20-,21-,26?/m0/s1. The molecule has 2 aromatic heterocycles. The fourth-order valence-electron chi connectivity index (χ4n) is 6.24. The summed E-state index contributed by atoms with van der Waals surface area (Å²) >= 11 is 1.74. The molecule has 12 heteroatoms. The molecule has 6 rings (SSSR count). The number of carbonyl (C=O) groups excluding carboxylic acids is 1. The highest BCUT2D eigenvalue weighted by Gasteiger charge is 2.35. The Hall–Kier alpha value is -2.58. The number of benzene rings is 1. The first-order valence-corrected chi connectivity index (χ1v) is 15.7. The van der Waals surface area contributed by atoms with Gasteiger partial charge >= 0.3 is 0 Å². The lowest BCUT2D eigenvalue weighted by molar-refractivity contribution is -0.138. The van der Waals surface area contributed by atoms with Crippen LogP contribution in [0.1, 0.15) is 48.5 Å². The predicted octanol–water partition coefficient (Wildman–Crippen LogP) is 4.63. The lowest BCUT2D eigenvalue weighted by atomic mass is 9.86. The van der Waals surface area contributed by atoms with Crippen LogP contribution in [0.2, 0.25) is 0 Å². The zero-order valence-corrected chi connectivity index (χ0v) is 25.4. The van der Waals surface area contributed by atoms with Gasteiger partial charge in [-0.2, -0.15) is 9.97 Å². The van der Waals surface area contributed by atoms with Crippen molar-refractivity contribution < 1.29 is 23.4 Å². The van der Waals surface area contributed by atoms with Gasteiger partial charge in [-0.3, -0.25) is 9.36 Å². The number of methoxy groups -OCH3 is 1. The number of amides is 1. The highest BCUT2D eigenvalue weighted by molar-refractivity contribution is 14.1. The SMILES string of the molecule is COC[C@@H]1CCCN1C(=O)[C@H]1CC[C@H](Oc2cc(-n3c(C(F)I)nc4ccccc43)nc(N3CCOCC3)n2)CC1. The van der Waals surface area contributed by atoms with Crippen LogP contribution in [0.4, 0.5) is 10.3 Å². The van der Waals surface area contributed by atoms with Crippen molar-refractivity contribution in [1.29, 1.82) is 0 Å². The molecule has 0 spiro atoms. The number of para-hydroxylation sites is 2. The molecule has 2 atom stereocenters. The summed E-state index contributed by atoms with van der Waals surface area (Å²) < 4.78 is 32.6. The lowest BCUT2D eigenvalue weighted by Gasteiger charge is -2.33. The summed E-state index contributed by atoms with van der Waals surface area (Å²) in [6.45, 7) is 3.91. The molecule has 1 aliphatic carbocycles. The van der Waals surface area contributed by atoms with E-state index < -0.39 is 4.18 Å². The fourth-order valence-corrected chi connectivity index (χ4v) is 6.65. The van der Waals surface area contributed by atoms with E-state index in [2.05, 4.69) is 9.88 Å². The number of likely N-dealkylation sites (tertiary alicyclic amines) is 1. The molecule has 0 radical (unpaired) electrons. The van der Waals surface area contributed by atoms with Crippen molar-refractivity contribution in [1.82, 2.24) is 24.4 Å². The van der Waals surface area contributed by atoms with Gasteiger partial charge in [0.2, 0.25) is 21.9 Å². The van der Waals surface area contributed by atoms with E-state index in [1.165, 1.54) is 0 Å². The van der Waals surface area contributed by atoms with Crippen molar-refractivity contribution in [3.05, 3.63) is 36.2 Å². The van der Waals surface area contributed by atoms with Gasteiger partial charge in [0.1, 0.15) is 11.9 Å². The van der Waals surface area contributed by atoms with Crippen molar-refractivity contribution in [3.63, 3.8) is 0 Å². The molecule has 0 N–H and O–H groups in total. The van der Waals surface area contributed by atoms with Crippen molar-refractivity contribution in [2.24, 2.45) is 5.92 Å². The number of fused-ring (bicyclic) bond motifs is 1. The van der Waals surface area contributed by atoms with E-state index in [4.69, 9.17) is 24.2 Å². The first-order valence-electron chi connectivity index (χ1n) is 14.5. The quantitative estimate of drug-likeness (QED) is 0.252. The second-order valence-corrected chi connectivity index (χ2v) is 12.0. The molecule has 2 aliphatic heterocycles. The van der Waals surface area contributed by atoms with E-state index >= 15 is 0 Å². The highest BCUT2D eigenvalue weighted by Crippen LogP contribution is 2.34. The normalized spacial score (nSPS) is 24.1. The van der Waals surface area contributed by atoms with Crippen LogP contribution in [-0.2, 0) is 14.3 Å². The largest absolute Gasteiger partial charge is 0.474 e. The fraction of sp³-hybridized carbons (Fsp3) is 0.586. The molecular weight excluding hydrogens is 642 g/mol. The third-order valence-corrected chi connectivity index (χ3v) is 8.87. The van der Waals surface area contributed by atoms with Crippen molar-refractivity contribution in [2.45, 2.75) is 54.8 Å². The lowest BCUT2D eigenvalue weighted by Crippen LogP contribution is -2.43. The van der Waals surface area contributed by atoms with Gasteiger partial charge in [-0.05, 0) is 73.2 Å². The van der Waals surface area contributed by atoms with Gasteiger partial charge in [-0.15, -0.1) is 0 Å². The van der Waals surface area contributed by atoms with Gasteiger partial charge in [0, 0.05) is 38.7 Å². The predicted molar refractivity (Wildman–Crippen MR) is 161 cm³/mol. The maximum Gasteiger partial charge on any atom is 0.230 e. The summed E-state index contributed by atoms with van der Waals surface area (Å²) in [7, 11) is 1.69. The average Bonchev–Trinajstić information content (AvgIpc) is 3.63. The number of rotatable bonds is 8. The zero-order chi connectivity index (χ0) is 28.3. The number of morpholine rings is 1. The number of ether oxygens (including phenoxy) is 3. The maximum absolute atomic E-state index is 14.8. The molecule has 4 heterocycles. The minimum Gasteiger partial charge on any atom is -0.474 e. The summed E-state index contributed by atoms with van der Waals surface area (Å²) in [6, 6.07) is 9.55. The third-order valence-electron chi connectivity index (χ3n) is 8.31. The minimum atomic E-state index is -1.32. The van der Waals surface area contributed by atoms with Crippen molar-refractivity contribution in [3.8, 4) is 11.7 Å². The topological polar surface area (TPSA) is 94.8 Å². The zero-order valence-electron chi connectivity index (χ0n) is 23.3. The van der Waals surface area contributed by atoms with E-state index in [0.717, 1.165) is 50.6 Å². The molecule has 41 heavy (non-hydrogen) atoms. The van der Waals surface area contributed by atoms with Crippen molar-refractivity contribution in [2.75, 3.05) is 51.5 Å². The van der Waals surface area contributed by atoms with Gasteiger partial charge in [0.05, 0.1) is 36.9 Å². The Bertz CT molecular complexity index is 1360. The van der Waals surface area contributed by atoms with Gasteiger partial charge in [-0.25, -0.2) is 9.37 Å². The molecule has 1 aromatic carbocycles. The molecule has 3 fully saturated rings. The highest BCUT2D eigenvalue weighted by atomic mass is 127. The molecule has 1 amide bonds. The molecule has 2 saturated heterocycles. The van der Waals surface area contributed by atoms with Gasteiger partial charge in [-0.1, -0.05) is 12.1 Å². The minimum absolute atomic E-state index is 0.0159. The first kappa shape index (κ1) is 28.5. The number of nitrogens with zero attached hydrogens (tertiary/aromatic N) is 6. The summed E-state index contributed by atoms with van der Waals surface area (Å²) in [5, 5.41) is 0. The van der Waals surface area contributed by atoms with E-state index in [0.29, 0.717) is 56.1 Å². The Morgan fingerprint density at radius 1 is 1.10 bits per heavy atom. The van der Waals surface area contributed by atoms with Gasteiger partial charge < -0.3 is 24.0 Å². The number of alkyl halides is 2. The number of hydrogen-bond acceptors (Lipinski definition) is 8. The monoisotopic (exact) mass is 678 g/mol. The molecule has 1 unspecified atom stereocenters. The Morgan fingerprint density at radius 2 is 1.88 bits per heavy atom. The second-order valence-electron chi connectivity index (χ2n) is 10.9. The van der Waals surface area contributed by atoms with E-state index in [1.54, 1.807) is 40.3 Å². The Kier molecular flexibility index (Phi) is 8.87. The van der Waals surface area contributed by atoms with E-state index in [-0.39, 0.29) is 29.8 Å². The first-order chi connectivity index (χ1) is 20.0. The van der Waals surface area contributed by atoms with Crippen LogP contribution < -0.4 is 9.64 Å². The number of aromatic nitrogens is 4. The van der Waals surface area contributed by atoms with Crippen LogP contribution in [0.5, 0.6) is 5.88 Å². The van der Waals surface area contributed by atoms with Crippen molar-refractivity contribution >= 4 is 45.5 Å². The molecule has 3 aromatic rings.